The zero-order valence-electron chi connectivity index (χ0n) is 23.6. The first-order chi connectivity index (χ1) is 21.0. The number of halogens is 2. The molecule has 8 nitrogen and oxygen atoms in total. The monoisotopic (exact) mass is 577 g/mol. The van der Waals surface area contributed by atoms with Gasteiger partial charge in [-0.15, -0.1) is 0 Å². The quantitative estimate of drug-likeness (QED) is 0.234. The molecule has 0 radical (unpaired) electrons. The highest BCUT2D eigenvalue weighted by Gasteiger charge is 2.45. The summed E-state index contributed by atoms with van der Waals surface area (Å²) >= 11 is 0. The molecule has 0 atom stereocenters. The lowest BCUT2D eigenvalue weighted by Gasteiger charge is -2.31. The molecule has 0 saturated carbocycles. The van der Waals surface area contributed by atoms with E-state index < -0.39 is 11.6 Å². The summed E-state index contributed by atoms with van der Waals surface area (Å²) < 4.78 is 39.6. The molecule has 0 unspecified atom stereocenters. The Morgan fingerprint density at radius 3 is 2.60 bits per heavy atom. The lowest BCUT2D eigenvalue weighted by molar-refractivity contribution is 0.108. The van der Waals surface area contributed by atoms with E-state index in [1.165, 1.54) is 12.3 Å². The van der Waals surface area contributed by atoms with Crippen LogP contribution in [0.3, 0.4) is 0 Å². The van der Waals surface area contributed by atoms with Crippen molar-refractivity contribution >= 4 is 44.1 Å². The van der Waals surface area contributed by atoms with Crippen molar-refractivity contribution in [1.29, 1.82) is 0 Å². The van der Waals surface area contributed by atoms with Gasteiger partial charge in [-0.1, -0.05) is 30.3 Å². The highest BCUT2D eigenvalue weighted by Crippen LogP contribution is 2.40. The topological polar surface area (TPSA) is 81.0 Å². The fourth-order valence-corrected chi connectivity index (χ4v) is 6.89. The van der Waals surface area contributed by atoms with Crippen LogP contribution in [0.25, 0.3) is 43.8 Å². The predicted octanol–water partition coefficient (Wildman–Crippen LogP) is 6.76. The summed E-state index contributed by atoms with van der Waals surface area (Å²) in [7, 11) is 1.88. The van der Waals surface area contributed by atoms with Gasteiger partial charge in [0, 0.05) is 35.3 Å². The van der Waals surface area contributed by atoms with Crippen LogP contribution in [0.2, 0.25) is 0 Å². The van der Waals surface area contributed by atoms with Gasteiger partial charge in [0.2, 0.25) is 0 Å². The van der Waals surface area contributed by atoms with Crippen LogP contribution in [-0.4, -0.2) is 54.9 Å². The number of aromatic nitrogens is 5. The molecule has 0 bridgehead atoms. The second kappa shape index (κ2) is 9.95. The normalized spacial score (nSPS) is 16.3. The first kappa shape index (κ1) is 26.0. The Labute approximate surface area is 246 Å². The van der Waals surface area contributed by atoms with E-state index in [9.17, 15) is 0 Å². The van der Waals surface area contributed by atoms with Crippen LogP contribution < -0.4 is 10.1 Å². The van der Waals surface area contributed by atoms with Gasteiger partial charge in [0.05, 0.1) is 22.6 Å². The SMILES string of the molecule is Cn1ncc2ccc(Nc3nc(OCC45CCCN4CCC5)nc4c(F)c(-c5cccc6cccc(F)c56)ncc34)cc21. The number of hydrogen-bond donors (Lipinski definition) is 1. The van der Waals surface area contributed by atoms with E-state index in [4.69, 9.17) is 9.72 Å². The second-order valence-corrected chi connectivity index (χ2v) is 11.6. The molecule has 43 heavy (non-hydrogen) atoms. The van der Waals surface area contributed by atoms with E-state index in [0.717, 1.165) is 55.4 Å². The smallest absolute Gasteiger partial charge is 0.319 e. The maximum atomic E-state index is 16.5. The van der Waals surface area contributed by atoms with Crippen LogP contribution in [0.15, 0.2) is 67.0 Å². The molecule has 2 fully saturated rings. The summed E-state index contributed by atoms with van der Waals surface area (Å²) in [6, 6.07) is 16.0. The van der Waals surface area contributed by atoms with Gasteiger partial charge in [0.25, 0.3) is 0 Å². The zero-order chi connectivity index (χ0) is 29.1. The maximum Gasteiger partial charge on any atom is 0.319 e. The van der Waals surface area contributed by atoms with Crippen molar-refractivity contribution in [2.24, 2.45) is 7.05 Å². The van der Waals surface area contributed by atoms with Crippen LogP contribution in [0, 0.1) is 11.6 Å². The van der Waals surface area contributed by atoms with E-state index >= 15 is 8.78 Å². The van der Waals surface area contributed by atoms with Crippen molar-refractivity contribution < 1.29 is 13.5 Å². The third-order valence-electron chi connectivity index (χ3n) is 9.07. The average molecular weight is 578 g/mol. The molecule has 2 saturated heterocycles. The van der Waals surface area contributed by atoms with Crippen molar-refractivity contribution in [3.05, 3.63) is 78.6 Å². The molecular formula is C33H29F2N7O. The molecule has 0 spiro atoms. The molecule has 2 aliphatic heterocycles. The van der Waals surface area contributed by atoms with E-state index in [-0.39, 0.29) is 22.8 Å². The third-order valence-corrected chi connectivity index (χ3v) is 9.07. The first-order valence-corrected chi connectivity index (χ1v) is 14.6. The zero-order valence-corrected chi connectivity index (χ0v) is 23.6. The Morgan fingerprint density at radius 1 is 0.953 bits per heavy atom. The molecule has 0 amide bonds. The van der Waals surface area contributed by atoms with Crippen LogP contribution in [0.4, 0.5) is 20.3 Å². The number of benzene rings is 3. The molecule has 216 valence electrons. The van der Waals surface area contributed by atoms with Crippen LogP contribution in [0.5, 0.6) is 6.01 Å². The Hall–Kier alpha value is -4.70. The molecular weight excluding hydrogens is 548 g/mol. The molecule has 2 aliphatic rings. The number of ether oxygens (including phenoxy) is 1. The minimum absolute atomic E-state index is 0.0199. The summed E-state index contributed by atoms with van der Waals surface area (Å²) in [5.74, 6) is -0.728. The molecule has 5 heterocycles. The van der Waals surface area contributed by atoms with Gasteiger partial charge in [-0.25, -0.2) is 8.78 Å². The van der Waals surface area contributed by atoms with Crippen LogP contribution in [0.1, 0.15) is 25.7 Å². The minimum atomic E-state index is -0.660. The van der Waals surface area contributed by atoms with Crippen molar-refractivity contribution in [2.45, 2.75) is 31.2 Å². The lowest BCUT2D eigenvalue weighted by atomic mass is 9.95. The van der Waals surface area contributed by atoms with E-state index in [0.29, 0.717) is 34.1 Å². The van der Waals surface area contributed by atoms with Crippen molar-refractivity contribution in [2.75, 3.05) is 25.0 Å². The van der Waals surface area contributed by atoms with Gasteiger partial charge in [0.1, 0.15) is 29.5 Å². The fraction of sp³-hybridized carbons (Fsp3) is 0.273. The number of hydrogen-bond acceptors (Lipinski definition) is 7. The van der Waals surface area contributed by atoms with Gasteiger partial charge in [-0.05, 0) is 68.4 Å². The first-order valence-electron chi connectivity index (χ1n) is 14.6. The molecule has 10 heteroatoms. The molecule has 8 rings (SSSR count). The standard InChI is InChI=1S/C33H29F2N7O/c1-41-26-16-22(11-10-21(26)17-37-41)38-31-24-18-36-29(23-8-2-6-20-7-3-9-25(34)27(20)23)28(35)30(24)39-32(40-31)43-19-33-12-4-14-42(33)15-5-13-33/h2-3,6-11,16-18H,4-5,12-15,19H2,1H3,(H,38,39,40). The Bertz CT molecular complexity index is 2030. The average Bonchev–Trinajstić information content (AvgIpc) is 3.71. The Kier molecular flexibility index (Phi) is 6.01. The molecule has 3 aromatic heterocycles. The number of pyridine rings is 1. The van der Waals surface area contributed by atoms with Crippen molar-refractivity contribution in [3.63, 3.8) is 0 Å². The van der Waals surface area contributed by atoms with Crippen molar-refractivity contribution in [1.82, 2.24) is 29.6 Å². The summed E-state index contributed by atoms with van der Waals surface area (Å²) in [5.41, 5.74) is 2.09. The maximum absolute atomic E-state index is 16.5. The van der Waals surface area contributed by atoms with Crippen molar-refractivity contribution in [3.8, 4) is 17.3 Å². The predicted molar refractivity (Wildman–Crippen MR) is 162 cm³/mol. The summed E-state index contributed by atoms with van der Waals surface area (Å²) in [6.07, 6.45) is 7.73. The van der Waals surface area contributed by atoms with E-state index in [1.807, 2.05) is 25.2 Å². The number of fused-ring (bicyclic) bond motifs is 4. The number of rotatable bonds is 6. The highest BCUT2D eigenvalue weighted by molar-refractivity contribution is 5.99. The Balaban J connectivity index is 1.26. The third kappa shape index (κ3) is 4.27. The second-order valence-electron chi connectivity index (χ2n) is 11.6. The Morgan fingerprint density at radius 2 is 1.77 bits per heavy atom. The van der Waals surface area contributed by atoms with Gasteiger partial charge in [-0.2, -0.15) is 15.1 Å². The largest absolute Gasteiger partial charge is 0.461 e. The lowest BCUT2D eigenvalue weighted by Crippen LogP contribution is -2.43. The highest BCUT2D eigenvalue weighted by atomic mass is 19.1. The molecule has 3 aromatic carbocycles. The van der Waals surface area contributed by atoms with Gasteiger partial charge >= 0.3 is 6.01 Å². The van der Waals surface area contributed by atoms with Crippen LogP contribution in [-0.2, 0) is 7.05 Å². The fourth-order valence-electron chi connectivity index (χ4n) is 6.89. The van der Waals surface area contributed by atoms with Gasteiger partial charge < -0.3 is 10.1 Å². The summed E-state index contributed by atoms with van der Waals surface area (Å²) in [5, 5.41) is 10.0. The number of nitrogens with one attached hydrogen (secondary N) is 1. The molecule has 6 aromatic rings. The number of nitrogens with zero attached hydrogens (tertiary/aromatic N) is 6. The van der Waals surface area contributed by atoms with Crippen LogP contribution >= 0.6 is 0 Å². The summed E-state index contributed by atoms with van der Waals surface area (Å²) in [6.45, 7) is 2.57. The summed E-state index contributed by atoms with van der Waals surface area (Å²) in [4.78, 5) is 16.3. The molecule has 1 N–H and O–H groups in total. The van der Waals surface area contributed by atoms with Gasteiger partial charge in [0.15, 0.2) is 5.82 Å². The van der Waals surface area contributed by atoms with E-state index in [2.05, 4.69) is 25.3 Å². The minimum Gasteiger partial charge on any atom is -0.461 e. The van der Waals surface area contributed by atoms with E-state index in [1.54, 1.807) is 41.2 Å². The number of aryl methyl sites for hydroxylation is 1. The number of anilines is 2. The molecule has 0 aliphatic carbocycles. The van der Waals surface area contributed by atoms with Gasteiger partial charge in [-0.3, -0.25) is 14.6 Å².